The summed E-state index contributed by atoms with van der Waals surface area (Å²) in [4.78, 5) is 16.7. The van der Waals surface area contributed by atoms with Gasteiger partial charge in [0.2, 0.25) is 5.91 Å². The fraction of sp³-hybridized carbons (Fsp3) is 0.917. The molecule has 1 amide bonds. The van der Waals surface area contributed by atoms with Gasteiger partial charge in [0.15, 0.2) is 0 Å². The number of nitrogens with two attached hydrogens (primary N) is 1. The van der Waals surface area contributed by atoms with Gasteiger partial charge in [-0.15, -0.1) is 0 Å². The summed E-state index contributed by atoms with van der Waals surface area (Å²) in [7, 11) is 0. The van der Waals surface area contributed by atoms with Crippen LogP contribution in [0.3, 0.4) is 0 Å². The van der Waals surface area contributed by atoms with Crippen LogP contribution in [0.25, 0.3) is 0 Å². The van der Waals surface area contributed by atoms with Crippen LogP contribution in [-0.4, -0.2) is 18.6 Å². The molecule has 16 heavy (non-hydrogen) atoms. The zero-order chi connectivity index (χ0) is 11.6. The summed E-state index contributed by atoms with van der Waals surface area (Å²) in [5, 5.41) is 0. The second-order valence-electron chi connectivity index (χ2n) is 4.50. The number of hydrogen-bond acceptors (Lipinski definition) is 3. The van der Waals surface area contributed by atoms with Crippen molar-refractivity contribution in [1.29, 1.82) is 0 Å². The van der Waals surface area contributed by atoms with Crippen LogP contribution in [0, 0.1) is 0 Å². The van der Waals surface area contributed by atoms with E-state index in [1.54, 1.807) is 0 Å². The van der Waals surface area contributed by atoms with Crippen LogP contribution in [0.5, 0.6) is 0 Å². The second-order valence-corrected chi connectivity index (χ2v) is 4.50. The van der Waals surface area contributed by atoms with Crippen molar-refractivity contribution in [3.8, 4) is 0 Å². The van der Waals surface area contributed by atoms with Crippen molar-refractivity contribution < 1.29 is 9.63 Å². The molecule has 0 saturated heterocycles. The highest BCUT2D eigenvalue weighted by molar-refractivity contribution is 5.74. The molecule has 1 rings (SSSR count). The summed E-state index contributed by atoms with van der Waals surface area (Å²) in [6.07, 6.45) is 9.60. The van der Waals surface area contributed by atoms with Gasteiger partial charge in [-0.05, 0) is 32.2 Å². The van der Waals surface area contributed by atoms with E-state index in [4.69, 9.17) is 10.6 Å². The Morgan fingerprint density at radius 1 is 1.19 bits per heavy atom. The number of rotatable bonds is 8. The highest BCUT2D eigenvalue weighted by Gasteiger charge is 2.16. The van der Waals surface area contributed by atoms with Gasteiger partial charge in [-0.1, -0.05) is 25.7 Å². The molecule has 3 N–H and O–H groups in total. The zero-order valence-electron chi connectivity index (χ0n) is 10.0. The Balaban J connectivity index is 1.90. The van der Waals surface area contributed by atoms with E-state index in [9.17, 15) is 4.79 Å². The van der Waals surface area contributed by atoms with Gasteiger partial charge in [-0.25, -0.2) is 5.48 Å². The van der Waals surface area contributed by atoms with E-state index in [2.05, 4.69) is 5.48 Å². The van der Waals surface area contributed by atoms with Crippen LogP contribution >= 0.6 is 0 Å². The fourth-order valence-corrected chi connectivity index (χ4v) is 1.99. The number of amides is 1. The van der Waals surface area contributed by atoms with Gasteiger partial charge in [0, 0.05) is 6.42 Å². The topological polar surface area (TPSA) is 64.4 Å². The molecule has 94 valence electrons. The normalized spacial score (nSPS) is 16.6. The Morgan fingerprint density at radius 3 is 2.56 bits per heavy atom. The lowest BCUT2D eigenvalue weighted by molar-refractivity contribution is -0.138. The minimum absolute atomic E-state index is 0.0136. The number of carbonyl (C=O) groups excluding carboxylic acids is 1. The van der Waals surface area contributed by atoms with Crippen LogP contribution in [0.4, 0.5) is 0 Å². The highest BCUT2D eigenvalue weighted by atomic mass is 16.7. The van der Waals surface area contributed by atoms with Gasteiger partial charge in [0.05, 0.1) is 6.10 Å². The zero-order valence-corrected chi connectivity index (χ0v) is 10.0. The van der Waals surface area contributed by atoms with Crippen molar-refractivity contribution in [2.24, 2.45) is 5.73 Å². The standard InChI is InChI=1S/C12H24N2O2/c13-10-6-2-1-3-9-12(15)14-16-11-7-4-5-8-11/h11H,1-10,13H2,(H,14,15). The Bertz CT molecular complexity index is 191. The average molecular weight is 228 g/mol. The molecule has 4 nitrogen and oxygen atoms in total. The van der Waals surface area contributed by atoms with Crippen molar-refractivity contribution in [2.45, 2.75) is 63.9 Å². The third-order valence-electron chi connectivity index (χ3n) is 3.00. The SMILES string of the molecule is NCCCCCCC(=O)NOC1CCCC1. The van der Waals surface area contributed by atoms with Crippen LogP contribution < -0.4 is 11.2 Å². The maximum atomic E-state index is 11.4. The minimum atomic E-state index is 0.0136. The molecule has 1 aliphatic carbocycles. The molecule has 0 atom stereocenters. The van der Waals surface area contributed by atoms with Crippen molar-refractivity contribution in [1.82, 2.24) is 5.48 Å². The first-order valence-electron chi connectivity index (χ1n) is 6.47. The van der Waals surface area contributed by atoms with E-state index in [1.165, 1.54) is 12.8 Å². The lowest BCUT2D eigenvalue weighted by Crippen LogP contribution is -2.28. The molecule has 0 heterocycles. The first-order chi connectivity index (χ1) is 7.83. The summed E-state index contributed by atoms with van der Waals surface area (Å²) in [6, 6.07) is 0. The van der Waals surface area contributed by atoms with Gasteiger partial charge in [0.25, 0.3) is 0 Å². The van der Waals surface area contributed by atoms with Crippen molar-refractivity contribution >= 4 is 5.91 Å². The molecule has 0 aliphatic heterocycles. The van der Waals surface area contributed by atoms with E-state index in [0.717, 1.165) is 45.1 Å². The third-order valence-corrected chi connectivity index (χ3v) is 3.00. The number of carbonyl (C=O) groups is 1. The Labute approximate surface area is 97.9 Å². The molecule has 4 heteroatoms. The van der Waals surface area contributed by atoms with Crippen LogP contribution in [0.15, 0.2) is 0 Å². The summed E-state index contributed by atoms with van der Waals surface area (Å²) in [6.45, 7) is 0.747. The van der Waals surface area contributed by atoms with E-state index >= 15 is 0 Å². The number of hydroxylamine groups is 1. The van der Waals surface area contributed by atoms with E-state index in [0.29, 0.717) is 6.42 Å². The first kappa shape index (κ1) is 13.5. The Hall–Kier alpha value is -0.610. The first-order valence-corrected chi connectivity index (χ1v) is 6.47. The van der Waals surface area contributed by atoms with Crippen LogP contribution in [0.1, 0.15) is 57.8 Å². The molecule has 0 radical (unpaired) electrons. The summed E-state index contributed by atoms with van der Waals surface area (Å²) in [5.74, 6) is 0.0136. The molecular weight excluding hydrogens is 204 g/mol. The molecule has 0 bridgehead atoms. The highest BCUT2D eigenvalue weighted by Crippen LogP contribution is 2.19. The number of unbranched alkanes of at least 4 members (excludes halogenated alkanes) is 3. The van der Waals surface area contributed by atoms with Crippen LogP contribution in [-0.2, 0) is 9.63 Å². The average Bonchev–Trinajstić information content (AvgIpc) is 2.79. The largest absolute Gasteiger partial charge is 0.330 e. The lowest BCUT2D eigenvalue weighted by atomic mass is 10.1. The van der Waals surface area contributed by atoms with Crippen molar-refractivity contribution in [2.75, 3.05) is 6.54 Å². The smallest absolute Gasteiger partial charge is 0.243 e. The Morgan fingerprint density at radius 2 is 1.88 bits per heavy atom. The molecular formula is C12H24N2O2. The predicted molar refractivity (Wildman–Crippen MR) is 63.6 cm³/mol. The predicted octanol–water partition coefficient (Wildman–Crippen LogP) is 1.89. The molecule has 0 spiro atoms. The van der Waals surface area contributed by atoms with E-state index in [1.807, 2.05) is 0 Å². The fourth-order valence-electron chi connectivity index (χ4n) is 1.99. The van der Waals surface area contributed by atoms with E-state index < -0.39 is 0 Å². The van der Waals surface area contributed by atoms with Crippen molar-refractivity contribution in [3.05, 3.63) is 0 Å². The van der Waals surface area contributed by atoms with Gasteiger partial charge in [-0.2, -0.15) is 0 Å². The van der Waals surface area contributed by atoms with Gasteiger partial charge in [-0.3, -0.25) is 9.63 Å². The Kier molecular flexibility index (Phi) is 7.17. The molecule has 1 saturated carbocycles. The molecule has 0 unspecified atom stereocenters. The lowest BCUT2D eigenvalue weighted by Gasteiger charge is -2.11. The molecule has 0 aromatic heterocycles. The number of nitrogens with one attached hydrogen (secondary N) is 1. The summed E-state index contributed by atoms with van der Waals surface area (Å²) < 4.78 is 0. The third kappa shape index (κ3) is 6.08. The quantitative estimate of drug-likeness (QED) is 0.492. The molecule has 0 aromatic rings. The van der Waals surface area contributed by atoms with Gasteiger partial charge in [0.1, 0.15) is 0 Å². The molecule has 0 aromatic carbocycles. The number of hydrogen-bond donors (Lipinski definition) is 2. The molecule has 1 fully saturated rings. The summed E-state index contributed by atoms with van der Waals surface area (Å²) >= 11 is 0. The van der Waals surface area contributed by atoms with Gasteiger partial charge < -0.3 is 5.73 Å². The van der Waals surface area contributed by atoms with Crippen LogP contribution in [0.2, 0.25) is 0 Å². The minimum Gasteiger partial charge on any atom is -0.330 e. The van der Waals surface area contributed by atoms with Crippen molar-refractivity contribution in [3.63, 3.8) is 0 Å². The summed E-state index contributed by atoms with van der Waals surface area (Å²) in [5.41, 5.74) is 7.94. The van der Waals surface area contributed by atoms with Gasteiger partial charge >= 0.3 is 0 Å². The molecule has 1 aliphatic rings. The maximum absolute atomic E-state index is 11.4. The maximum Gasteiger partial charge on any atom is 0.243 e. The second kappa shape index (κ2) is 8.53. The monoisotopic (exact) mass is 228 g/mol. The van der Waals surface area contributed by atoms with E-state index in [-0.39, 0.29) is 12.0 Å².